The van der Waals surface area contributed by atoms with Crippen LogP contribution in [0.5, 0.6) is 0 Å². The van der Waals surface area contributed by atoms with Gasteiger partial charge in [-0.2, -0.15) is 0 Å². The molecule has 4 rings (SSSR count). The third-order valence-corrected chi connectivity index (χ3v) is 5.66. The Morgan fingerprint density at radius 2 is 1.86 bits per heavy atom. The average Bonchev–Trinajstić information content (AvgIpc) is 3.29. The van der Waals surface area contributed by atoms with Crippen LogP contribution in [0.3, 0.4) is 0 Å². The van der Waals surface area contributed by atoms with Gasteiger partial charge in [-0.05, 0) is 86.3 Å². The number of aryl methyl sites for hydroxylation is 1. The zero-order chi connectivity index (χ0) is 19.5. The van der Waals surface area contributed by atoms with Crippen molar-refractivity contribution < 1.29 is 13.6 Å². The second kappa shape index (κ2) is 9.51. The number of ketones is 1. The number of nitrogens with zero attached hydrogens (tertiary/aromatic N) is 1. The van der Waals surface area contributed by atoms with Gasteiger partial charge >= 0.3 is 0 Å². The molecule has 1 fully saturated rings. The van der Waals surface area contributed by atoms with Crippen LogP contribution in [-0.2, 0) is 6.42 Å². The van der Waals surface area contributed by atoms with E-state index in [-0.39, 0.29) is 29.8 Å². The number of hydrogen-bond acceptors (Lipinski definition) is 2. The van der Waals surface area contributed by atoms with Crippen molar-refractivity contribution in [3.8, 4) is 0 Å². The molecule has 2 heterocycles. The van der Waals surface area contributed by atoms with Crippen molar-refractivity contribution in [3.05, 3.63) is 71.4 Å². The number of rotatable bonds is 7. The molecule has 0 spiro atoms. The molecule has 0 aliphatic carbocycles. The first-order valence-corrected chi connectivity index (χ1v) is 9.85. The zero-order valence-corrected chi connectivity index (χ0v) is 17.0. The molecule has 0 radical (unpaired) electrons. The van der Waals surface area contributed by atoms with Crippen LogP contribution in [-0.4, -0.2) is 35.3 Å². The summed E-state index contributed by atoms with van der Waals surface area (Å²) >= 11 is 0. The van der Waals surface area contributed by atoms with Gasteiger partial charge in [0.05, 0.1) is 0 Å². The minimum absolute atomic E-state index is 0. The fraction of sp³-hybridized carbons (Fsp3) is 0.348. The summed E-state index contributed by atoms with van der Waals surface area (Å²) in [7, 11) is 0. The maximum Gasteiger partial charge on any atom is 0.163 e. The van der Waals surface area contributed by atoms with Crippen molar-refractivity contribution in [2.24, 2.45) is 5.92 Å². The van der Waals surface area contributed by atoms with Crippen molar-refractivity contribution in [2.45, 2.75) is 25.7 Å². The molecule has 0 bridgehead atoms. The van der Waals surface area contributed by atoms with Gasteiger partial charge in [0.15, 0.2) is 5.78 Å². The summed E-state index contributed by atoms with van der Waals surface area (Å²) in [5.74, 6) is -0.0736. The summed E-state index contributed by atoms with van der Waals surface area (Å²) < 4.78 is 26.5. The number of carbonyl (C=O) groups excluding carboxylic acids is 1. The molecule has 29 heavy (non-hydrogen) atoms. The second-order valence-electron chi connectivity index (χ2n) is 7.70. The van der Waals surface area contributed by atoms with Crippen LogP contribution in [0.1, 0.15) is 35.2 Å². The smallest absolute Gasteiger partial charge is 0.163 e. The fourth-order valence-corrected chi connectivity index (χ4v) is 4.15. The molecule has 1 aliphatic rings. The van der Waals surface area contributed by atoms with E-state index in [4.69, 9.17) is 0 Å². The first kappa shape index (κ1) is 21.5. The highest BCUT2D eigenvalue weighted by atomic mass is 35.5. The minimum Gasteiger partial charge on any atom is -0.361 e. The number of nitrogens with one attached hydrogen (secondary N) is 1. The summed E-state index contributed by atoms with van der Waals surface area (Å²) in [5.41, 5.74) is 2.71. The van der Waals surface area contributed by atoms with Crippen LogP contribution >= 0.6 is 12.4 Å². The maximum atomic E-state index is 13.5. The Kier molecular flexibility index (Phi) is 7.04. The summed E-state index contributed by atoms with van der Waals surface area (Å²) in [5, 5.41) is 0.962. The number of fused-ring (bicyclic) bond motifs is 1. The van der Waals surface area contributed by atoms with E-state index in [0.29, 0.717) is 17.9 Å². The maximum absolute atomic E-state index is 13.5. The van der Waals surface area contributed by atoms with Crippen LogP contribution < -0.4 is 0 Å². The van der Waals surface area contributed by atoms with E-state index in [1.54, 1.807) is 24.3 Å². The lowest BCUT2D eigenvalue weighted by Crippen LogP contribution is -2.23. The molecule has 154 valence electrons. The highest BCUT2D eigenvalue weighted by Crippen LogP contribution is 2.24. The van der Waals surface area contributed by atoms with Crippen LogP contribution in [0.4, 0.5) is 8.78 Å². The van der Waals surface area contributed by atoms with Crippen molar-refractivity contribution in [1.29, 1.82) is 0 Å². The monoisotopic (exact) mass is 418 g/mol. The van der Waals surface area contributed by atoms with Gasteiger partial charge in [-0.15, -0.1) is 12.4 Å². The normalized spacial score (nSPS) is 16.8. The van der Waals surface area contributed by atoms with Crippen LogP contribution in [0, 0.1) is 17.6 Å². The molecule has 3 aromatic rings. The predicted molar refractivity (Wildman–Crippen MR) is 114 cm³/mol. The summed E-state index contributed by atoms with van der Waals surface area (Å²) in [6.45, 7) is 2.91. The van der Waals surface area contributed by atoms with Crippen molar-refractivity contribution in [1.82, 2.24) is 9.88 Å². The fourth-order valence-electron chi connectivity index (χ4n) is 4.15. The van der Waals surface area contributed by atoms with E-state index in [1.807, 2.05) is 6.20 Å². The van der Waals surface area contributed by atoms with Crippen LogP contribution in [0.2, 0.25) is 0 Å². The molecule has 1 atom stereocenters. The summed E-state index contributed by atoms with van der Waals surface area (Å²) in [6, 6.07) is 10.6. The van der Waals surface area contributed by atoms with Crippen LogP contribution in [0.25, 0.3) is 10.9 Å². The van der Waals surface area contributed by atoms with E-state index in [1.165, 1.54) is 18.2 Å². The van der Waals surface area contributed by atoms with Crippen molar-refractivity contribution >= 4 is 29.1 Å². The quantitative estimate of drug-likeness (QED) is 0.522. The number of H-pyrrole nitrogens is 1. The summed E-state index contributed by atoms with van der Waals surface area (Å²) in [4.78, 5) is 18.0. The molecule has 1 aliphatic heterocycles. The first-order valence-electron chi connectivity index (χ1n) is 9.85. The Morgan fingerprint density at radius 3 is 2.66 bits per heavy atom. The number of hydrogen-bond donors (Lipinski definition) is 1. The Morgan fingerprint density at radius 1 is 1.10 bits per heavy atom. The number of carbonyl (C=O) groups is 1. The van der Waals surface area contributed by atoms with Crippen molar-refractivity contribution in [2.75, 3.05) is 19.6 Å². The lowest BCUT2D eigenvalue weighted by molar-refractivity contribution is 0.0962. The molecular formula is C23H25ClF2N2O. The topological polar surface area (TPSA) is 36.1 Å². The molecule has 1 N–H and O–H groups in total. The SMILES string of the molecule is Cl.O=C(CC1CCN(CCCc2c[nH]c3ccc(F)cc23)C1)c1ccc(F)cc1. The Labute approximate surface area is 175 Å². The van der Waals surface area contributed by atoms with E-state index in [2.05, 4.69) is 9.88 Å². The lowest BCUT2D eigenvalue weighted by Gasteiger charge is -2.15. The molecule has 2 aromatic carbocycles. The average molecular weight is 419 g/mol. The minimum atomic E-state index is -0.318. The van der Waals surface area contributed by atoms with E-state index >= 15 is 0 Å². The summed E-state index contributed by atoms with van der Waals surface area (Å²) in [6.07, 6.45) is 5.41. The largest absolute Gasteiger partial charge is 0.361 e. The van der Waals surface area contributed by atoms with Gasteiger partial charge in [-0.25, -0.2) is 8.78 Å². The molecule has 3 nitrogen and oxygen atoms in total. The van der Waals surface area contributed by atoms with Gasteiger partial charge in [-0.1, -0.05) is 0 Å². The Hall–Kier alpha value is -2.24. The number of aromatic nitrogens is 1. The Bertz CT molecular complexity index is 971. The number of benzene rings is 2. The van der Waals surface area contributed by atoms with Gasteiger partial charge in [0.1, 0.15) is 11.6 Å². The van der Waals surface area contributed by atoms with Gasteiger partial charge in [0, 0.05) is 35.6 Å². The molecular weight excluding hydrogens is 394 g/mol. The van der Waals surface area contributed by atoms with E-state index in [0.717, 1.165) is 55.4 Å². The number of likely N-dealkylation sites (tertiary alicyclic amines) is 1. The molecule has 6 heteroatoms. The number of aromatic amines is 1. The standard InChI is InChI=1S/C23H24F2N2O.ClH/c24-19-5-3-17(4-6-19)23(28)12-16-9-11-27(15-16)10-1-2-18-14-26-22-8-7-20(25)13-21(18)22;/h3-8,13-14,16,26H,1-2,9-12,15H2;1H. The van der Waals surface area contributed by atoms with E-state index in [9.17, 15) is 13.6 Å². The number of Topliss-reactive ketones (excluding diaryl/α,β-unsaturated/α-hetero) is 1. The Balaban J connectivity index is 0.00000240. The molecule has 0 amide bonds. The van der Waals surface area contributed by atoms with E-state index < -0.39 is 0 Å². The zero-order valence-electron chi connectivity index (χ0n) is 16.2. The predicted octanol–water partition coefficient (Wildman–Crippen LogP) is 5.40. The third kappa shape index (κ3) is 5.22. The third-order valence-electron chi connectivity index (χ3n) is 5.66. The first-order chi connectivity index (χ1) is 13.6. The van der Waals surface area contributed by atoms with Gasteiger partial charge in [0.2, 0.25) is 0 Å². The second-order valence-corrected chi connectivity index (χ2v) is 7.70. The van der Waals surface area contributed by atoms with Gasteiger partial charge in [0.25, 0.3) is 0 Å². The van der Waals surface area contributed by atoms with Crippen molar-refractivity contribution in [3.63, 3.8) is 0 Å². The number of halogens is 3. The van der Waals surface area contributed by atoms with Crippen LogP contribution in [0.15, 0.2) is 48.7 Å². The van der Waals surface area contributed by atoms with Gasteiger partial charge < -0.3 is 9.88 Å². The lowest BCUT2D eigenvalue weighted by atomic mass is 9.97. The molecule has 1 aromatic heterocycles. The molecule has 0 saturated carbocycles. The highest BCUT2D eigenvalue weighted by Gasteiger charge is 2.24. The van der Waals surface area contributed by atoms with Gasteiger partial charge in [-0.3, -0.25) is 4.79 Å². The molecule has 1 unspecified atom stereocenters. The molecule has 1 saturated heterocycles. The highest BCUT2D eigenvalue weighted by molar-refractivity contribution is 5.96.